The summed E-state index contributed by atoms with van der Waals surface area (Å²) >= 11 is 0. The highest BCUT2D eigenvalue weighted by molar-refractivity contribution is 5.81. The number of aromatic amines is 1. The quantitative estimate of drug-likeness (QED) is 0.773. The van der Waals surface area contributed by atoms with Crippen LogP contribution in [0.4, 0.5) is 0 Å². The Morgan fingerprint density at radius 1 is 1.21 bits per heavy atom. The van der Waals surface area contributed by atoms with Crippen molar-refractivity contribution in [1.29, 1.82) is 0 Å². The highest BCUT2D eigenvalue weighted by Crippen LogP contribution is 2.26. The average molecular weight is 322 g/mol. The van der Waals surface area contributed by atoms with Gasteiger partial charge in [-0.25, -0.2) is 4.98 Å². The minimum Gasteiger partial charge on any atom is -0.391 e. The van der Waals surface area contributed by atoms with E-state index in [9.17, 15) is 5.11 Å². The number of fused-ring (bicyclic) bond motifs is 1. The number of hydrogen-bond donors (Lipinski definition) is 2. The first-order valence-electron chi connectivity index (χ1n) is 8.42. The number of H-pyrrole nitrogens is 1. The molecule has 0 bridgehead atoms. The molecule has 5 nitrogen and oxygen atoms in total. The van der Waals surface area contributed by atoms with E-state index in [1.807, 2.05) is 31.3 Å². The molecule has 0 unspecified atom stereocenters. The van der Waals surface area contributed by atoms with Crippen molar-refractivity contribution >= 4 is 10.9 Å². The topological polar surface area (TPSA) is 65.0 Å². The van der Waals surface area contributed by atoms with E-state index in [0.29, 0.717) is 6.54 Å². The van der Waals surface area contributed by atoms with Crippen molar-refractivity contribution in [2.24, 2.45) is 5.92 Å². The zero-order valence-corrected chi connectivity index (χ0v) is 13.8. The average Bonchev–Trinajstić information content (AvgIpc) is 3.14. The number of aromatic nitrogens is 3. The van der Waals surface area contributed by atoms with Gasteiger partial charge >= 0.3 is 0 Å². The van der Waals surface area contributed by atoms with Crippen LogP contribution >= 0.6 is 0 Å². The number of hydrogen-bond acceptors (Lipinski definition) is 4. The van der Waals surface area contributed by atoms with Gasteiger partial charge in [-0.2, -0.15) is 0 Å². The van der Waals surface area contributed by atoms with E-state index < -0.39 is 0 Å². The first-order chi connectivity index (χ1) is 11.7. The molecule has 2 atom stereocenters. The molecule has 1 aliphatic rings. The fourth-order valence-corrected chi connectivity index (χ4v) is 3.65. The number of nitrogens with zero attached hydrogens (tertiary/aromatic N) is 3. The van der Waals surface area contributed by atoms with Crippen LogP contribution in [0.25, 0.3) is 10.9 Å². The lowest BCUT2D eigenvalue weighted by Crippen LogP contribution is -2.22. The second kappa shape index (κ2) is 6.34. The molecule has 0 spiro atoms. The van der Waals surface area contributed by atoms with Crippen LogP contribution in [0.2, 0.25) is 0 Å². The molecule has 5 heteroatoms. The van der Waals surface area contributed by atoms with Gasteiger partial charge in [0.05, 0.1) is 23.6 Å². The summed E-state index contributed by atoms with van der Waals surface area (Å²) in [7, 11) is 0. The zero-order chi connectivity index (χ0) is 16.5. The Hall–Kier alpha value is -2.24. The van der Waals surface area contributed by atoms with Gasteiger partial charge in [-0.05, 0) is 31.0 Å². The lowest BCUT2D eigenvalue weighted by Gasteiger charge is -2.16. The summed E-state index contributed by atoms with van der Waals surface area (Å²) in [6.45, 7) is 4.43. The summed E-state index contributed by atoms with van der Waals surface area (Å²) in [6, 6.07) is 10.3. The van der Waals surface area contributed by atoms with Gasteiger partial charge in [0.25, 0.3) is 0 Å². The van der Waals surface area contributed by atoms with Gasteiger partial charge in [0, 0.05) is 42.8 Å². The number of rotatable bonds is 4. The number of aliphatic hydroxyl groups is 1. The maximum absolute atomic E-state index is 10.5. The fraction of sp³-hybridized carbons (Fsp3) is 0.368. The summed E-state index contributed by atoms with van der Waals surface area (Å²) in [6.07, 6.45) is 4.18. The molecule has 3 aromatic rings. The third-order valence-electron chi connectivity index (χ3n) is 5.01. The summed E-state index contributed by atoms with van der Waals surface area (Å²) in [5, 5.41) is 11.7. The number of likely N-dealkylation sites (tertiary alicyclic amines) is 1. The van der Waals surface area contributed by atoms with E-state index in [-0.39, 0.29) is 12.0 Å². The molecule has 0 saturated carbocycles. The van der Waals surface area contributed by atoms with Crippen LogP contribution < -0.4 is 0 Å². The molecule has 1 saturated heterocycles. The van der Waals surface area contributed by atoms with E-state index in [4.69, 9.17) is 0 Å². The second-order valence-corrected chi connectivity index (χ2v) is 6.69. The smallest absolute Gasteiger partial charge is 0.0925 e. The second-order valence-electron chi connectivity index (χ2n) is 6.69. The number of para-hydroxylation sites is 1. The van der Waals surface area contributed by atoms with Gasteiger partial charge in [0.15, 0.2) is 0 Å². The first kappa shape index (κ1) is 15.3. The van der Waals surface area contributed by atoms with Crippen molar-refractivity contribution in [2.45, 2.75) is 26.0 Å². The van der Waals surface area contributed by atoms with Gasteiger partial charge in [-0.3, -0.25) is 9.88 Å². The lowest BCUT2D eigenvalue weighted by molar-refractivity contribution is 0.141. The third kappa shape index (κ3) is 2.92. The van der Waals surface area contributed by atoms with Crippen LogP contribution in [-0.4, -0.2) is 44.2 Å². The summed E-state index contributed by atoms with van der Waals surface area (Å²) in [5.74, 6) is 0.245. The fourth-order valence-electron chi connectivity index (χ4n) is 3.65. The van der Waals surface area contributed by atoms with Gasteiger partial charge < -0.3 is 10.1 Å². The maximum Gasteiger partial charge on any atom is 0.0925 e. The van der Waals surface area contributed by atoms with Crippen molar-refractivity contribution in [2.75, 3.05) is 13.1 Å². The Labute approximate surface area is 141 Å². The predicted molar refractivity (Wildman–Crippen MR) is 93.5 cm³/mol. The molecule has 0 radical (unpaired) electrons. The van der Waals surface area contributed by atoms with Crippen molar-refractivity contribution < 1.29 is 5.11 Å². The van der Waals surface area contributed by atoms with Crippen molar-refractivity contribution in [3.8, 4) is 0 Å². The summed E-state index contributed by atoms with van der Waals surface area (Å²) in [4.78, 5) is 14.2. The number of pyridine rings is 1. The number of aryl methyl sites for hydroxylation is 1. The van der Waals surface area contributed by atoms with E-state index in [2.05, 4.69) is 32.0 Å². The molecular weight excluding hydrogens is 300 g/mol. The first-order valence-corrected chi connectivity index (χ1v) is 8.42. The van der Waals surface area contributed by atoms with Gasteiger partial charge in [-0.1, -0.05) is 18.2 Å². The Bertz CT molecular complexity index is 839. The van der Waals surface area contributed by atoms with Crippen LogP contribution in [0.5, 0.6) is 0 Å². The summed E-state index contributed by atoms with van der Waals surface area (Å²) < 4.78 is 0. The number of nitrogens with one attached hydrogen (secondary N) is 1. The minimum absolute atomic E-state index is 0.245. The molecule has 2 N–H and O–H groups in total. The maximum atomic E-state index is 10.5. The normalized spacial score (nSPS) is 21.6. The third-order valence-corrected chi connectivity index (χ3v) is 5.01. The Morgan fingerprint density at radius 2 is 2.08 bits per heavy atom. The Kier molecular flexibility index (Phi) is 4.04. The van der Waals surface area contributed by atoms with E-state index >= 15 is 0 Å². The minimum atomic E-state index is -0.295. The molecular formula is C19H22N4O. The predicted octanol–water partition coefficient (Wildman–Crippen LogP) is 2.30. The molecule has 1 fully saturated rings. The number of aliphatic hydroxyl groups excluding tert-OH is 1. The molecule has 24 heavy (non-hydrogen) atoms. The van der Waals surface area contributed by atoms with Crippen LogP contribution in [0.1, 0.15) is 17.0 Å². The number of imidazole rings is 1. The molecule has 0 amide bonds. The Balaban J connectivity index is 1.49. The highest BCUT2D eigenvalue weighted by atomic mass is 16.3. The summed E-state index contributed by atoms with van der Waals surface area (Å²) in [5.41, 5.74) is 4.46. The van der Waals surface area contributed by atoms with E-state index in [0.717, 1.165) is 36.4 Å². The molecule has 124 valence electrons. The van der Waals surface area contributed by atoms with Crippen LogP contribution in [0.15, 0.2) is 42.9 Å². The molecule has 2 aromatic heterocycles. The van der Waals surface area contributed by atoms with Gasteiger partial charge in [-0.15, -0.1) is 0 Å². The lowest BCUT2D eigenvalue weighted by atomic mass is 9.94. The number of β-amino-alcohol motifs (C(OH)–C–C–N with tert-alkyl or cyclic N) is 1. The molecule has 1 aromatic carbocycles. The molecule has 0 aliphatic carbocycles. The van der Waals surface area contributed by atoms with E-state index in [1.54, 1.807) is 6.33 Å². The Morgan fingerprint density at radius 3 is 2.92 bits per heavy atom. The van der Waals surface area contributed by atoms with Gasteiger partial charge in [0.2, 0.25) is 0 Å². The monoisotopic (exact) mass is 322 g/mol. The SMILES string of the molecule is Cc1[nH]cnc1CN1C[C@@H](Cc2ccnc3ccccc23)[C@@H](O)C1. The van der Waals surface area contributed by atoms with Gasteiger partial charge in [0.1, 0.15) is 0 Å². The number of benzene rings is 1. The largest absolute Gasteiger partial charge is 0.391 e. The van der Waals surface area contributed by atoms with Crippen LogP contribution in [-0.2, 0) is 13.0 Å². The van der Waals surface area contributed by atoms with Crippen molar-refractivity contribution in [3.05, 3.63) is 59.8 Å². The molecule has 1 aliphatic heterocycles. The van der Waals surface area contributed by atoms with Crippen molar-refractivity contribution in [3.63, 3.8) is 0 Å². The zero-order valence-electron chi connectivity index (χ0n) is 13.8. The highest BCUT2D eigenvalue weighted by Gasteiger charge is 2.32. The standard InChI is InChI=1S/C19H22N4O/c1-13-18(22-12-21-13)10-23-9-15(19(24)11-23)8-14-6-7-20-17-5-3-2-4-16(14)17/h2-7,12,15,19,24H,8-11H2,1H3,(H,21,22)/t15-,19+/m1/s1. The molecule has 4 rings (SSSR count). The molecule has 3 heterocycles. The van der Waals surface area contributed by atoms with E-state index in [1.165, 1.54) is 10.9 Å². The van der Waals surface area contributed by atoms with Crippen LogP contribution in [0, 0.1) is 12.8 Å². The van der Waals surface area contributed by atoms with Crippen molar-refractivity contribution in [1.82, 2.24) is 19.9 Å². The van der Waals surface area contributed by atoms with Crippen LogP contribution in [0.3, 0.4) is 0 Å².